The fourth-order valence-electron chi connectivity index (χ4n) is 2.60. The van der Waals surface area contributed by atoms with E-state index in [1.807, 2.05) is 0 Å². The molecule has 118 valence electrons. The van der Waals surface area contributed by atoms with Gasteiger partial charge in [-0.3, -0.25) is 4.79 Å². The van der Waals surface area contributed by atoms with Crippen LogP contribution in [0, 0.1) is 5.82 Å². The first kappa shape index (κ1) is 14.4. The van der Waals surface area contributed by atoms with Crippen LogP contribution in [0.4, 0.5) is 15.9 Å². The van der Waals surface area contributed by atoms with Crippen molar-refractivity contribution in [2.75, 3.05) is 16.8 Å². The maximum Gasteiger partial charge on any atom is 0.251 e. The van der Waals surface area contributed by atoms with Gasteiger partial charge in [0, 0.05) is 17.7 Å². The standard InChI is InChI=1S/C16H14ClFN4O/c17-13-7-14(21-15(20-13)9-1-2-9)19-12-8-22(16(12)23)11-5-3-10(18)4-6-11/h3-7,9,12H,1-2,8H2,(H,19,20,21)/t12-/m0/s1. The average molecular weight is 333 g/mol. The minimum atomic E-state index is -0.349. The van der Waals surface area contributed by atoms with Gasteiger partial charge in [0.15, 0.2) is 0 Å². The number of rotatable bonds is 4. The van der Waals surface area contributed by atoms with Crippen molar-refractivity contribution in [3.63, 3.8) is 0 Å². The summed E-state index contributed by atoms with van der Waals surface area (Å²) in [7, 11) is 0. The monoisotopic (exact) mass is 332 g/mol. The number of halogens is 2. The quantitative estimate of drug-likeness (QED) is 0.691. The lowest BCUT2D eigenvalue weighted by atomic mass is 10.1. The molecule has 1 atom stereocenters. The Morgan fingerprint density at radius 2 is 1.96 bits per heavy atom. The van der Waals surface area contributed by atoms with Gasteiger partial charge in [-0.15, -0.1) is 0 Å². The molecule has 1 aromatic carbocycles. The van der Waals surface area contributed by atoms with E-state index in [1.54, 1.807) is 23.1 Å². The van der Waals surface area contributed by atoms with Crippen molar-refractivity contribution in [3.05, 3.63) is 47.1 Å². The third kappa shape index (κ3) is 2.86. The number of aromatic nitrogens is 2. The molecule has 1 N–H and O–H groups in total. The van der Waals surface area contributed by atoms with Crippen LogP contribution < -0.4 is 10.2 Å². The van der Waals surface area contributed by atoms with E-state index < -0.39 is 0 Å². The van der Waals surface area contributed by atoms with Gasteiger partial charge in [0.1, 0.15) is 28.7 Å². The minimum Gasteiger partial charge on any atom is -0.357 e. The molecule has 2 heterocycles. The topological polar surface area (TPSA) is 58.1 Å². The van der Waals surface area contributed by atoms with Crippen LogP contribution in [0.1, 0.15) is 24.6 Å². The number of β-lactam (4-membered cyclic amide) rings is 1. The number of anilines is 2. The van der Waals surface area contributed by atoms with Crippen LogP contribution in [0.5, 0.6) is 0 Å². The molecule has 2 aliphatic rings. The second kappa shape index (κ2) is 5.45. The van der Waals surface area contributed by atoms with Crippen LogP contribution >= 0.6 is 11.6 Å². The van der Waals surface area contributed by atoms with Gasteiger partial charge >= 0.3 is 0 Å². The molecule has 0 bridgehead atoms. The van der Waals surface area contributed by atoms with Gasteiger partial charge in [-0.05, 0) is 37.1 Å². The van der Waals surface area contributed by atoms with Gasteiger partial charge < -0.3 is 10.2 Å². The zero-order valence-corrected chi connectivity index (χ0v) is 12.9. The van der Waals surface area contributed by atoms with Gasteiger partial charge in [-0.1, -0.05) is 11.6 Å². The first-order valence-corrected chi connectivity index (χ1v) is 7.86. The summed E-state index contributed by atoms with van der Waals surface area (Å²) in [6.45, 7) is 0.505. The van der Waals surface area contributed by atoms with Crippen LogP contribution in [-0.4, -0.2) is 28.5 Å². The zero-order chi connectivity index (χ0) is 16.0. The molecule has 1 aromatic heterocycles. The highest BCUT2D eigenvalue weighted by Crippen LogP contribution is 2.39. The Bertz CT molecular complexity index is 763. The fourth-order valence-corrected chi connectivity index (χ4v) is 2.79. The lowest BCUT2D eigenvalue weighted by Crippen LogP contribution is -2.60. The highest BCUT2D eigenvalue weighted by molar-refractivity contribution is 6.29. The number of nitrogens with one attached hydrogen (secondary N) is 1. The van der Waals surface area contributed by atoms with Crippen molar-refractivity contribution in [1.29, 1.82) is 0 Å². The summed E-state index contributed by atoms with van der Waals surface area (Å²) in [5.41, 5.74) is 0.689. The van der Waals surface area contributed by atoms with Gasteiger partial charge in [0.2, 0.25) is 0 Å². The predicted molar refractivity (Wildman–Crippen MR) is 85.2 cm³/mol. The highest BCUT2D eigenvalue weighted by Gasteiger charge is 2.38. The Balaban J connectivity index is 1.45. The Morgan fingerprint density at radius 3 is 2.61 bits per heavy atom. The third-order valence-corrected chi connectivity index (χ3v) is 4.24. The summed E-state index contributed by atoms with van der Waals surface area (Å²) in [5, 5.41) is 3.48. The summed E-state index contributed by atoms with van der Waals surface area (Å²) < 4.78 is 12.9. The van der Waals surface area contributed by atoms with Crippen LogP contribution in [0.2, 0.25) is 5.15 Å². The van der Waals surface area contributed by atoms with E-state index in [0.29, 0.717) is 29.1 Å². The van der Waals surface area contributed by atoms with Crippen molar-refractivity contribution in [3.8, 4) is 0 Å². The Morgan fingerprint density at radius 1 is 1.22 bits per heavy atom. The van der Waals surface area contributed by atoms with Gasteiger partial charge in [-0.25, -0.2) is 14.4 Å². The molecular formula is C16H14ClFN4O. The summed E-state index contributed by atoms with van der Waals surface area (Å²) >= 11 is 6.02. The van der Waals surface area contributed by atoms with E-state index in [1.165, 1.54) is 12.1 Å². The Kier molecular flexibility index (Phi) is 3.41. The summed E-state index contributed by atoms with van der Waals surface area (Å²) in [5.74, 6) is 1.31. The van der Waals surface area contributed by atoms with Crippen molar-refractivity contribution in [1.82, 2.24) is 9.97 Å². The van der Waals surface area contributed by atoms with Gasteiger partial charge in [0.05, 0.1) is 6.54 Å². The molecular weight excluding hydrogens is 319 g/mol. The third-order valence-electron chi connectivity index (χ3n) is 4.04. The maximum atomic E-state index is 12.9. The number of carbonyl (C=O) groups is 1. The van der Waals surface area contributed by atoms with E-state index in [-0.39, 0.29) is 17.8 Å². The van der Waals surface area contributed by atoms with Crippen molar-refractivity contribution in [2.24, 2.45) is 0 Å². The lowest BCUT2D eigenvalue weighted by molar-refractivity contribution is -0.123. The van der Waals surface area contributed by atoms with Crippen LogP contribution in [0.25, 0.3) is 0 Å². The Hall–Kier alpha value is -2.21. The second-order valence-corrected chi connectivity index (χ2v) is 6.22. The van der Waals surface area contributed by atoms with Crippen LogP contribution in [-0.2, 0) is 4.79 Å². The number of hydrogen-bond acceptors (Lipinski definition) is 4. The van der Waals surface area contributed by atoms with Crippen molar-refractivity contribution < 1.29 is 9.18 Å². The van der Waals surface area contributed by atoms with Crippen LogP contribution in [0.3, 0.4) is 0 Å². The Labute approximate surface area is 137 Å². The fraction of sp³-hybridized carbons (Fsp3) is 0.312. The van der Waals surface area contributed by atoms with E-state index >= 15 is 0 Å². The predicted octanol–water partition coefficient (Wildman–Crippen LogP) is 2.97. The van der Waals surface area contributed by atoms with E-state index in [9.17, 15) is 9.18 Å². The molecule has 1 amide bonds. The number of hydrogen-bond donors (Lipinski definition) is 1. The number of carbonyl (C=O) groups excluding carboxylic acids is 1. The highest BCUT2D eigenvalue weighted by atomic mass is 35.5. The van der Waals surface area contributed by atoms with Gasteiger partial charge in [-0.2, -0.15) is 0 Å². The molecule has 5 nitrogen and oxygen atoms in total. The normalized spacial score (nSPS) is 20.3. The lowest BCUT2D eigenvalue weighted by Gasteiger charge is -2.38. The minimum absolute atomic E-state index is 0.0701. The van der Waals surface area contributed by atoms with Crippen molar-refractivity contribution in [2.45, 2.75) is 24.8 Å². The number of nitrogens with zero attached hydrogens (tertiary/aromatic N) is 3. The maximum absolute atomic E-state index is 12.9. The molecule has 2 fully saturated rings. The molecule has 4 rings (SSSR count). The zero-order valence-electron chi connectivity index (χ0n) is 12.2. The molecule has 1 aliphatic carbocycles. The van der Waals surface area contributed by atoms with Crippen molar-refractivity contribution >= 4 is 29.0 Å². The largest absolute Gasteiger partial charge is 0.357 e. The molecule has 0 spiro atoms. The molecule has 23 heavy (non-hydrogen) atoms. The molecule has 1 saturated heterocycles. The first-order valence-electron chi connectivity index (χ1n) is 7.48. The molecule has 0 unspecified atom stereocenters. The smallest absolute Gasteiger partial charge is 0.251 e. The molecule has 7 heteroatoms. The summed E-state index contributed by atoms with van der Waals surface area (Å²) in [6, 6.07) is 7.15. The number of amides is 1. The average Bonchev–Trinajstić information content (AvgIpc) is 3.36. The molecule has 1 saturated carbocycles. The van der Waals surface area contributed by atoms with Gasteiger partial charge in [0.25, 0.3) is 5.91 Å². The van der Waals surface area contributed by atoms with Crippen LogP contribution in [0.15, 0.2) is 30.3 Å². The summed E-state index contributed by atoms with van der Waals surface area (Å²) in [6.07, 6.45) is 2.17. The number of benzene rings is 1. The SMILES string of the molecule is O=C1[C@@H](Nc2cc(Cl)nc(C3CC3)n2)CN1c1ccc(F)cc1. The summed E-state index contributed by atoms with van der Waals surface area (Å²) in [4.78, 5) is 22.5. The molecule has 1 aliphatic heterocycles. The van der Waals surface area contributed by atoms with E-state index in [0.717, 1.165) is 18.7 Å². The first-order chi connectivity index (χ1) is 11.1. The van der Waals surface area contributed by atoms with E-state index in [4.69, 9.17) is 11.6 Å². The molecule has 0 radical (unpaired) electrons. The molecule has 2 aromatic rings. The van der Waals surface area contributed by atoms with E-state index in [2.05, 4.69) is 15.3 Å². The second-order valence-electron chi connectivity index (χ2n) is 5.83.